The number of furan rings is 1. The van der Waals surface area contributed by atoms with Crippen LogP contribution in [0.15, 0.2) is 47.2 Å². The van der Waals surface area contributed by atoms with Crippen molar-refractivity contribution < 1.29 is 23.6 Å². The highest BCUT2D eigenvalue weighted by Gasteiger charge is 2.31. The minimum atomic E-state index is 0.0516. The lowest BCUT2D eigenvalue weighted by molar-refractivity contribution is -0.914. The maximum absolute atomic E-state index is 12.6. The van der Waals surface area contributed by atoms with Crippen LogP contribution in [0.5, 0.6) is 11.5 Å². The summed E-state index contributed by atoms with van der Waals surface area (Å²) in [5, 5.41) is 0. The van der Waals surface area contributed by atoms with E-state index in [2.05, 4.69) is 22.0 Å². The van der Waals surface area contributed by atoms with Gasteiger partial charge in [-0.1, -0.05) is 0 Å². The van der Waals surface area contributed by atoms with Gasteiger partial charge < -0.3 is 23.7 Å². The van der Waals surface area contributed by atoms with Crippen LogP contribution in [0.2, 0.25) is 0 Å². The molecule has 1 aromatic carbocycles. The van der Waals surface area contributed by atoms with Gasteiger partial charge in [-0.3, -0.25) is 4.79 Å². The molecule has 0 amide bonds. The van der Waals surface area contributed by atoms with E-state index in [-0.39, 0.29) is 11.7 Å². The second-order valence-electron chi connectivity index (χ2n) is 8.68. The van der Waals surface area contributed by atoms with Crippen molar-refractivity contribution in [3.8, 4) is 11.5 Å². The Morgan fingerprint density at radius 1 is 1.09 bits per heavy atom. The summed E-state index contributed by atoms with van der Waals surface area (Å²) in [5.41, 5.74) is 2.75. The summed E-state index contributed by atoms with van der Waals surface area (Å²) in [7, 11) is 0. The number of hydrogen-bond donors (Lipinski definition) is 1. The molecular formula is C24H25N4O4+. The number of aromatic nitrogens is 2. The third-order valence-electron chi connectivity index (χ3n) is 6.62. The lowest BCUT2D eigenvalue weighted by atomic mass is 9.85. The molecule has 0 radical (unpaired) electrons. The number of carbonyl (C=O) groups excluding carboxylic acids is 1. The lowest BCUT2D eigenvalue weighted by Gasteiger charge is -2.33. The number of carbonyl (C=O) groups is 1. The number of rotatable bonds is 4. The number of fused-ring (bicyclic) bond motifs is 2. The lowest BCUT2D eigenvalue weighted by Crippen LogP contribution is -3.13. The fraction of sp³-hybridized carbons (Fsp3) is 0.375. The molecule has 3 aromatic rings. The SMILES string of the molecule is O=C1C[C@H](c2ccco2)Cc2nc(N3CC[NH+](Cc4ccc5c(c4)OCO5)CC3)ncc21. The summed E-state index contributed by atoms with van der Waals surface area (Å²) in [6.45, 7) is 5.03. The largest absolute Gasteiger partial charge is 0.469 e. The van der Waals surface area contributed by atoms with Gasteiger partial charge in [-0.2, -0.15) is 0 Å². The number of Topliss-reactive ketones (excluding diaryl/α,β-unsaturated/α-hetero) is 1. The summed E-state index contributed by atoms with van der Waals surface area (Å²) >= 11 is 0. The van der Waals surface area contributed by atoms with E-state index in [9.17, 15) is 4.79 Å². The molecule has 0 saturated carbocycles. The number of quaternary nitrogens is 1. The van der Waals surface area contributed by atoms with Gasteiger partial charge in [-0.15, -0.1) is 0 Å². The summed E-state index contributed by atoms with van der Waals surface area (Å²) in [6.07, 6.45) is 4.53. The van der Waals surface area contributed by atoms with Crippen LogP contribution in [0.4, 0.5) is 5.95 Å². The Hall–Kier alpha value is -3.39. The molecule has 1 saturated heterocycles. The molecule has 2 aromatic heterocycles. The molecule has 1 fully saturated rings. The monoisotopic (exact) mass is 433 g/mol. The summed E-state index contributed by atoms with van der Waals surface area (Å²) in [6, 6.07) is 10.00. The van der Waals surface area contributed by atoms with Gasteiger partial charge in [-0.25, -0.2) is 9.97 Å². The van der Waals surface area contributed by atoms with Crippen LogP contribution in [0, 0.1) is 0 Å². The Labute approximate surface area is 185 Å². The number of nitrogens with zero attached hydrogens (tertiary/aromatic N) is 3. The Balaban J connectivity index is 1.12. The van der Waals surface area contributed by atoms with Crippen molar-refractivity contribution in [2.75, 3.05) is 37.9 Å². The van der Waals surface area contributed by atoms with E-state index >= 15 is 0 Å². The molecule has 1 atom stereocenters. The van der Waals surface area contributed by atoms with Crippen molar-refractivity contribution in [1.29, 1.82) is 0 Å². The Kier molecular flexibility index (Phi) is 4.79. The number of benzene rings is 1. The van der Waals surface area contributed by atoms with Crippen LogP contribution in [0.25, 0.3) is 0 Å². The first-order chi connectivity index (χ1) is 15.7. The maximum Gasteiger partial charge on any atom is 0.231 e. The van der Waals surface area contributed by atoms with Gasteiger partial charge in [0.25, 0.3) is 0 Å². The second-order valence-corrected chi connectivity index (χ2v) is 8.68. The van der Waals surface area contributed by atoms with Crippen molar-refractivity contribution in [3.63, 3.8) is 0 Å². The number of piperazine rings is 1. The van der Waals surface area contributed by atoms with Crippen LogP contribution in [0.1, 0.15) is 39.7 Å². The molecule has 0 spiro atoms. The van der Waals surface area contributed by atoms with Crippen LogP contribution in [-0.2, 0) is 13.0 Å². The van der Waals surface area contributed by atoms with Gasteiger partial charge in [0.1, 0.15) is 12.3 Å². The van der Waals surface area contributed by atoms with E-state index in [1.54, 1.807) is 12.5 Å². The minimum Gasteiger partial charge on any atom is -0.469 e. The van der Waals surface area contributed by atoms with Crippen molar-refractivity contribution >= 4 is 11.7 Å². The number of ketones is 1. The van der Waals surface area contributed by atoms with E-state index in [1.807, 2.05) is 18.2 Å². The zero-order chi connectivity index (χ0) is 21.5. The maximum atomic E-state index is 12.6. The number of anilines is 1. The molecule has 32 heavy (non-hydrogen) atoms. The normalized spacial score (nSPS) is 20.4. The number of ether oxygens (including phenoxy) is 2. The smallest absolute Gasteiger partial charge is 0.231 e. The molecule has 8 nitrogen and oxygen atoms in total. The Morgan fingerprint density at radius 2 is 1.97 bits per heavy atom. The third-order valence-corrected chi connectivity index (χ3v) is 6.62. The fourth-order valence-electron chi connectivity index (χ4n) is 4.85. The molecular weight excluding hydrogens is 408 g/mol. The van der Waals surface area contributed by atoms with Crippen LogP contribution in [-0.4, -0.2) is 48.7 Å². The molecule has 8 heteroatoms. The van der Waals surface area contributed by atoms with E-state index < -0.39 is 0 Å². The Morgan fingerprint density at radius 3 is 2.81 bits per heavy atom. The van der Waals surface area contributed by atoms with E-state index in [1.165, 1.54) is 10.5 Å². The van der Waals surface area contributed by atoms with Gasteiger partial charge in [0.15, 0.2) is 17.3 Å². The highest BCUT2D eigenvalue weighted by molar-refractivity contribution is 5.98. The molecule has 3 aliphatic rings. The van der Waals surface area contributed by atoms with Gasteiger partial charge >= 0.3 is 0 Å². The van der Waals surface area contributed by atoms with E-state index in [0.29, 0.717) is 25.2 Å². The van der Waals surface area contributed by atoms with E-state index in [0.717, 1.165) is 61.6 Å². The first-order valence-electron chi connectivity index (χ1n) is 11.1. The molecule has 0 bridgehead atoms. The summed E-state index contributed by atoms with van der Waals surface area (Å²) < 4.78 is 16.4. The van der Waals surface area contributed by atoms with Crippen molar-refractivity contribution in [2.45, 2.75) is 25.3 Å². The predicted octanol–water partition coefficient (Wildman–Crippen LogP) is 1.62. The Bertz CT molecular complexity index is 1140. The number of nitrogens with one attached hydrogen (secondary N) is 1. The van der Waals surface area contributed by atoms with Crippen LogP contribution >= 0.6 is 0 Å². The molecule has 164 valence electrons. The highest BCUT2D eigenvalue weighted by Crippen LogP contribution is 2.33. The molecule has 1 aliphatic carbocycles. The molecule has 6 rings (SSSR count). The average molecular weight is 433 g/mol. The summed E-state index contributed by atoms with van der Waals surface area (Å²) in [4.78, 5) is 25.7. The van der Waals surface area contributed by atoms with Crippen molar-refractivity contribution in [3.05, 3.63) is 65.4 Å². The van der Waals surface area contributed by atoms with Gasteiger partial charge in [0.05, 0.1) is 43.7 Å². The highest BCUT2D eigenvalue weighted by atomic mass is 16.7. The van der Waals surface area contributed by atoms with Crippen molar-refractivity contribution in [1.82, 2.24) is 9.97 Å². The van der Waals surface area contributed by atoms with Gasteiger partial charge in [-0.05, 0) is 30.3 Å². The zero-order valence-electron chi connectivity index (χ0n) is 17.8. The van der Waals surface area contributed by atoms with Gasteiger partial charge in [0, 0.05) is 30.5 Å². The quantitative estimate of drug-likeness (QED) is 0.670. The summed E-state index contributed by atoms with van der Waals surface area (Å²) in [5.74, 6) is 3.38. The number of hydrogen-bond acceptors (Lipinski definition) is 7. The standard InChI is InChI=1S/C24H24N4O4/c29-20-12-17(21-2-1-9-30-21)11-19-18(20)13-25-24(26-19)28-7-5-27(6-8-28)14-16-3-4-22-23(10-16)32-15-31-22/h1-4,9-10,13,17H,5-8,11-12,14-15H2/p+1/t17-/m1/s1. The van der Waals surface area contributed by atoms with Gasteiger partial charge in [0.2, 0.25) is 12.7 Å². The third kappa shape index (κ3) is 3.60. The molecule has 2 aliphatic heterocycles. The van der Waals surface area contributed by atoms with Crippen LogP contribution in [0.3, 0.4) is 0 Å². The van der Waals surface area contributed by atoms with Crippen LogP contribution < -0.4 is 19.3 Å². The van der Waals surface area contributed by atoms with E-state index in [4.69, 9.17) is 18.9 Å². The topological polar surface area (TPSA) is 82.1 Å². The average Bonchev–Trinajstić information content (AvgIpc) is 3.51. The predicted molar refractivity (Wildman–Crippen MR) is 115 cm³/mol. The minimum absolute atomic E-state index is 0.0516. The molecule has 0 unspecified atom stereocenters. The molecule has 4 heterocycles. The van der Waals surface area contributed by atoms with Crippen molar-refractivity contribution in [2.24, 2.45) is 0 Å². The zero-order valence-corrected chi connectivity index (χ0v) is 17.8. The second kappa shape index (κ2) is 7.94. The fourth-order valence-corrected chi connectivity index (χ4v) is 4.85. The first-order valence-corrected chi connectivity index (χ1v) is 11.1. The molecule has 1 N–H and O–H groups in total. The first kappa shape index (κ1) is 19.3.